The second kappa shape index (κ2) is 5.96. The maximum Gasteiger partial charge on any atom is 0.240 e. The first-order valence-electron chi connectivity index (χ1n) is 6.08. The maximum atomic E-state index is 11.5. The molecule has 5 heteroatoms. The van der Waals surface area contributed by atoms with Gasteiger partial charge >= 0.3 is 0 Å². The van der Waals surface area contributed by atoms with Crippen molar-refractivity contribution < 1.29 is 4.79 Å². The Kier molecular flexibility index (Phi) is 4.84. The van der Waals surface area contributed by atoms with E-state index in [0.717, 1.165) is 42.7 Å². The van der Waals surface area contributed by atoms with E-state index in [1.807, 2.05) is 25.1 Å². The van der Waals surface area contributed by atoms with Crippen LogP contribution in [0.1, 0.15) is 25.3 Å². The van der Waals surface area contributed by atoms with E-state index in [1.165, 1.54) is 0 Å². The van der Waals surface area contributed by atoms with Crippen LogP contribution in [0.15, 0.2) is 18.2 Å². The lowest BCUT2D eigenvalue weighted by atomic mass is 9.97. The highest BCUT2D eigenvalue weighted by molar-refractivity contribution is 5.85. The average Bonchev–Trinajstić information content (AvgIpc) is 2.31. The van der Waals surface area contributed by atoms with Gasteiger partial charge in [-0.2, -0.15) is 0 Å². The lowest BCUT2D eigenvalue weighted by molar-refractivity contribution is -0.119. The summed E-state index contributed by atoms with van der Waals surface area (Å²) in [5, 5.41) is 0. The van der Waals surface area contributed by atoms with Crippen molar-refractivity contribution in [2.45, 2.75) is 32.2 Å². The van der Waals surface area contributed by atoms with E-state index < -0.39 is 0 Å². The number of fused-ring (bicyclic) bond motifs is 1. The molecule has 18 heavy (non-hydrogen) atoms. The van der Waals surface area contributed by atoms with Crippen LogP contribution in [0.5, 0.6) is 0 Å². The van der Waals surface area contributed by atoms with Crippen molar-refractivity contribution in [3.8, 4) is 0 Å². The van der Waals surface area contributed by atoms with Crippen LogP contribution in [0.3, 0.4) is 0 Å². The summed E-state index contributed by atoms with van der Waals surface area (Å²) in [6.45, 7) is 2.86. The number of nitrogens with zero attached hydrogens (tertiary/aromatic N) is 1. The Bertz CT molecular complexity index is 436. The zero-order valence-electron chi connectivity index (χ0n) is 10.6. The minimum absolute atomic E-state index is 0. The largest absolute Gasteiger partial charge is 0.398 e. The molecule has 0 radical (unpaired) electrons. The molecule has 0 spiro atoms. The van der Waals surface area contributed by atoms with Gasteiger partial charge in [-0.25, -0.2) is 0 Å². The number of carbonyl (C=O) groups excluding carboxylic acids is 1. The van der Waals surface area contributed by atoms with E-state index >= 15 is 0 Å². The lowest BCUT2D eigenvalue weighted by Crippen LogP contribution is -2.46. The molecular formula is C13H20ClN3O. The molecule has 0 bridgehead atoms. The van der Waals surface area contributed by atoms with Crippen LogP contribution < -0.4 is 16.4 Å². The molecule has 0 saturated heterocycles. The molecule has 1 amide bonds. The van der Waals surface area contributed by atoms with Crippen molar-refractivity contribution in [2.75, 3.05) is 17.2 Å². The van der Waals surface area contributed by atoms with E-state index in [1.54, 1.807) is 0 Å². The van der Waals surface area contributed by atoms with E-state index in [9.17, 15) is 4.79 Å². The predicted octanol–water partition coefficient (Wildman–Crippen LogP) is 1.71. The third-order valence-electron chi connectivity index (χ3n) is 3.41. The van der Waals surface area contributed by atoms with Gasteiger partial charge < -0.3 is 16.4 Å². The summed E-state index contributed by atoms with van der Waals surface area (Å²) in [7, 11) is 0. The quantitative estimate of drug-likeness (QED) is 0.821. The molecule has 0 aliphatic carbocycles. The summed E-state index contributed by atoms with van der Waals surface area (Å²) >= 11 is 0. The highest BCUT2D eigenvalue weighted by Crippen LogP contribution is 2.32. The van der Waals surface area contributed by atoms with Crippen LogP contribution >= 0.6 is 12.4 Å². The number of amides is 1. The number of nitrogens with two attached hydrogens (primary N) is 2. The van der Waals surface area contributed by atoms with Crippen LogP contribution in [0.4, 0.5) is 11.4 Å². The number of primary amides is 1. The minimum atomic E-state index is -0.261. The van der Waals surface area contributed by atoms with Crippen molar-refractivity contribution >= 4 is 29.7 Å². The van der Waals surface area contributed by atoms with Gasteiger partial charge in [0.25, 0.3) is 0 Å². The van der Waals surface area contributed by atoms with Gasteiger partial charge in [0.15, 0.2) is 0 Å². The van der Waals surface area contributed by atoms with Gasteiger partial charge in [-0.15, -0.1) is 12.4 Å². The summed E-state index contributed by atoms with van der Waals surface area (Å²) in [6, 6.07) is 5.64. The number of rotatable bonds is 3. The molecule has 0 fully saturated rings. The summed E-state index contributed by atoms with van der Waals surface area (Å²) in [5.74, 6) is -0.261. The Morgan fingerprint density at radius 2 is 2.22 bits per heavy atom. The van der Waals surface area contributed by atoms with Gasteiger partial charge in [0.05, 0.1) is 0 Å². The fourth-order valence-corrected chi connectivity index (χ4v) is 2.58. The SMILES string of the molecule is CCC(C(N)=O)N1CCCc2c(N)cccc21.Cl. The Hall–Kier alpha value is -1.42. The van der Waals surface area contributed by atoms with Crippen LogP contribution in [-0.4, -0.2) is 18.5 Å². The topological polar surface area (TPSA) is 72.4 Å². The first-order chi connectivity index (χ1) is 8.15. The standard InChI is InChI=1S/C13H19N3O.ClH/c1-2-11(13(15)17)16-8-4-5-9-10(14)6-3-7-12(9)16;/h3,6-7,11H,2,4-5,8,14H2,1H3,(H2,15,17);1H. The van der Waals surface area contributed by atoms with Crippen molar-refractivity contribution in [1.82, 2.24) is 0 Å². The summed E-state index contributed by atoms with van der Waals surface area (Å²) in [4.78, 5) is 13.6. The number of anilines is 2. The van der Waals surface area contributed by atoms with E-state index in [-0.39, 0.29) is 24.4 Å². The highest BCUT2D eigenvalue weighted by atomic mass is 35.5. The molecule has 2 rings (SSSR count). The lowest BCUT2D eigenvalue weighted by Gasteiger charge is -2.36. The fourth-order valence-electron chi connectivity index (χ4n) is 2.58. The Labute approximate surface area is 114 Å². The van der Waals surface area contributed by atoms with Crippen molar-refractivity contribution in [1.29, 1.82) is 0 Å². The molecule has 4 N–H and O–H groups in total. The van der Waals surface area contributed by atoms with Gasteiger partial charge in [0, 0.05) is 17.9 Å². The van der Waals surface area contributed by atoms with E-state index in [0.29, 0.717) is 0 Å². The molecule has 100 valence electrons. The normalized spacial score (nSPS) is 15.5. The number of carbonyl (C=O) groups is 1. The monoisotopic (exact) mass is 269 g/mol. The number of hydrogen-bond donors (Lipinski definition) is 2. The van der Waals surface area contributed by atoms with Gasteiger partial charge in [-0.05, 0) is 37.0 Å². The molecule has 0 aromatic heterocycles. The first kappa shape index (κ1) is 14.6. The molecule has 1 unspecified atom stereocenters. The highest BCUT2D eigenvalue weighted by Gasteiger charge is 2.27. The molecule has 0 saturated carbocycles. The average molecular weight is 270 g/mol. The Morgan fingerprint density at radius 1 is 1.50 bits per heavy atom. The first-order valence-corrected chi connectivity index (χ1v) is 6.08. The fraction of sp³-hybridized carbons (Fsp3) is 0.462. The molecule has 1 heterocycles. The molecule has 1 aliphatic heterocycles. The van der Waals surface area contributed by atoms with Crippen LogP contribution in [0.25, 0.3) is 0 Å². The Morgan fingerprint density at radius 3 is 2.83 bits per heavy atom. The zero-order chi connectivity index (χ0) is 12.4. The Balaban J connectivity index is 0.00000162. The van der Waals surface area contributed by atoms with Crippen LogP contribution in [-0.2, 0) is 11.2 Å². The van der Waals surface area contributed by atoms with E-state index in [4.69, 9.17) is 11.5 Å². The number of halogens is 1. The minimum Gasteiger partial charge on any atom is -0.398 e. The summed E-state index contributed by atoms with van der Waals surface area (Å²) < 4.78 is 0. The number of hydrogen-bond acceptors (Lipinski definition) is 3. The molecule has 1 atom stereocenters. The second-order valence-electron chi connectivity index (χ2n) is 4.47. The smallest absolute Gasteiger partial charge is 0.240 e. The maximum absolute atomic E-state index is 11.5. The van der Waals surface area contributed by atoms with Gasteiger partial charge in [-0.1, -0.05) is 13.0 Å². The van der Waals surface area contributed by atoms with Crippen LogP contribution in [0, 0.1) is 0 Å². The summed E-state index contributed by atoms with van der Waals surface area (Å²) in [6.07, 6.45) is 2.72. The molecule has 4 nitrogen and oxygen atoms in total. The molecule has 1 aliphatic rings. The van der Waals surface area contributed by atoms with E-state index in [2.05, 4.69) is 4.90 Å². The van der Waals surface area contributed by atoms with Crippen molar-refractivity contribution in [2.24, 2.45) is 5.73 Å². The van der Waals surface area contributed by atoms with Gasteiger partial charge in [-0.3, -0.25) is 4.79 Å². The molecule has 1 aromatic rings. The predicted molar refractivity (Wildman–Crippen MR) is 77.0 cm³/mol. The third-order valence-corrected chi connectivity index (χ3v) is 3.41. The second-order valence-corrected chi connectivity index (χ2v) is 4.47. The molecular weight excluding hydrogens is 250 g/mol. The van der Waals surface area contributed by atoms with Gasteiger partial charge in [0.2, 0.25) is 5.91 Å². The van der Waals surface area contributed by atoms with Crippen LogP contribution in [0.2, 0.25) is 0 Å². The molecule has 1 aromatic carbocycles. The number of benzene rings is 1. The summed E-state index contributed by atoms with van der Waals surface area (Å²) in [5.41, 5.74) is 14.5. The van der Waals surface area contributed by atoms with Crippen molar-refractivity contribution in [3.05, 3.63) is 23.8 Å². The third kappa shape index (κ3) is 2.53. The zero-order valence-corrected chi connectivity index (χ0v) is 11.4. The van der Waals surface area contributed by atoms with Gasteiger partial charge in [0.1, 0.15) is 6.04 Å². The number of nitrogen functional groups attached to an aromatic ring is 1. The van der Waals surface area contributed by atoms with Crippen molar-refractivity contribution in [3.63, 3.8) is 0 Å².